The van der Waals surface area contributed by atoms with Gasteiger partial charge >= 0.3 is 16.5 Å². The second-order valence-electron chi connectivity index (χ2n) is 7.47. The molecule has 0 aliphatic carbocycles. The van der Waals surface area contributed by atoms with Gasteiger partial charge in [-0.15, -0.1) is 0 Å². The van der Waals surface area contributed by atoms with Crippen molar-refractivity contribution in [2.75, 3.05) is 0 Å². The van der Waals surface area contributed by atoms with Gasteiger partial charge in [0.15, 0.2) is 0 Å². The third-order valence-corrected chi connectivity index (χ3v) is 6.67. The van der Waals surface area contributed by atoms with Gasteiger partial charge in [0.1, 0.15) is 0 Å². The fourth-order valence-corrected chi connectivity index (χ4v) is 6.63. The molecule has 0 aromatic rings. The van der Waals surface area contributed by atoms with Gasteiger partial charge in [-0.2, -0.15) is 0 Å². The van der Waals surface area contributed by atoms with E-state index in [0.29, 0.717) is 0 Å². The Labute approximate surface area is 121 Å². The zero-order valence-electron chi connectivity index (χ0n) is 13.3. The van der Waals surface area contributed by atoms with Crippen LogP contribution in [0.2, 0.25) is 0 Å². The summed E-state index contributed by atoms with van der Waals surface area (Å²) in [5, 5.41) is 10.9. The SMILES string of the molecule is CC(C)(C)C(=[N-])[PH+](C(C)(C)C)C(C)(C)C.[CH3-].[Ni+2]. The minimum Gasteiger partial charge on any atom is -0.774 e. The van der Waals surface area contributed by atoms with Crippen LogP contribution in [0.5, 0.6) is 0 Å². The molecule has 0 aliphatic heterocycles. The fraction of sp³-hybridized carbons (Fsp3) is 0.857. The van der Waals surface area contributed by atoms with Crippen molar-refractivity contribution in [3.8, 4) is 0 Å². The monoisotopic (exact) mass is 302 g/mol. The van der Waals surface area contributed by atoms with E-state index in [-0.39, 0.29) is 39.6 Å². The Morgan fingerprint density at radius 1 is 0.765 bits per heavy atom. The van der Waals surface area contributed by atoms with Crippen LogP contribution in [0.4, 0.5) is 0 Å². The van der Waals surface area contributed by atoms with E-state index in [1.54, 1.807) is 0 Å². The van der Waals surface area contributed by atoms with E-state index in [4.69, 9.17) is 0 Å². The van der Waals surface area contributed by atoms with Crippen LogP contribution in [0.3, 0.4) is 0 Å². The Balaban J connectivity index is -0.000000980. The molecular weight excluding hydrogens is 272 g/mol. The van der Waals surface area contributed by atoms with Crippen LogP contribution >= 0.6 is 7.92 Å². The van der Waals surface area contributed by atoms with Crippen LogP contribution < -0.4 is 0 Å². The first-order valence-electron chi connectivity index (χ1n) is 5.72. The maximum Gasteiger partial charge on any atom is 2.00 e. The van der Waals surface area contributed by atoms with Gasteiger partial charge in [0.05, 0.1) is 10.3 Å². The molecule has 0 saturated carbocycles. The standard InChI is InChI=1S/C13H27NP.CH3.Ni/c1-11(2,3)10(14)15(12(4,5)6)13(7,8)9;;/h1-9H3;1H3;/q2*-1;+2/p+1. The van der Waals surface area contributed by atoms with Crippen LogP contribution in [0.1, 0.15) is 62.3 Å². The zero-order chi connectivity index (χ0) is 12.7. The summed E-state index contributed by atoms with van der Waals surface area (Å²) in [4.78, 5) is 0. The van der Waals surface area contributed by atoms with Crippen LogP contribution in [0.25, 0.3) is 5.41 Å². The maximum atomic E-state index is 10.5. The molecule has 1 nitrogen and oxygen atoms in total. The summed E-state index contributed by atoms with van der Waals surface area (Å²) in [5.41, 5.74) is 0.641. The first-order valence-corrected chi connectivity index (χ1v) is 7.22. The van der Waals surface area contributed by atoms with E-state index >= 15 is 0 Å². The predicted octanol–water partition coefficient (Wildman–Crippen LogP) is 5.26. The topological polar surface area (TPSA) is 22.3 Å². The second-order valence-corrected chi connectivity index (χ2v) is 11.7. The Kier molecular flexibility index (Phi) is 8.93. The van der Waals surface area contributed by atoms with Crippen molar-refractivity contribution in [3.05, 3.63) is 12.8 Å². The van der Waals surface area contributed by atoms with Crippen molar-refractivity contribution in [3.63, 3.8) is 0 Å². The van der Waals surface area contributed by atoms with E-state index in [0.717, 1.165) is 5.45 Å². The normalized spacial score (nSPS) is 12.8. The van der Waals surface area contributed by atoms with Crippen LogP contribution in [-0.2, 0) is 16.5 Å². The molecule has 0 atom stereocenters. The average Bonchev–Trinajstić information content (AvgIpc) is 1.76. The van der Waals surface area contributed by atoms with Crippen molar-refractivity contribution in [1.29, 1.82) is 0 Å². The van der Waals surface area contributed by atoms with Gasteiger partial charge in [-0.05, 0) is 52.4 Å². The van der Waals surface area contributed by atoms with E-state index in [1.165, 1.54) is 0 Å². The molecule has 0 saturated heterocycles. The predicted molar refractivity (Wildman–Crippen MR) is 82.1 cm³/mol. The number of rotatable bonds is 1. The molecule has 3 heteroatoms. The summed E-state index contributed by atoms with van der Waals surface area (Å²) >= 11 is 0. The summed E-state index contributed by atoms with van der Waals surface area (Å²) in [6, 6.07) is 0. The van der Waals surface area contributed by atoms with Gasteiger partial charge in [-0.1, -0.05) is 20.8 Å². The molecule has 0 N–H and O–H groups in total. The van der Waals surface area contributed by atoms with Gasteiger partial charge in [0.25, 0.3) is 0 Å². The Bertz CT molecular complexity index is 226. The Hall–Kier alpha value is 0.594. The smallest absolute Gasteiger partial charge is 0.774 e. The van der Waals surface area contributed by atoms with E-state index in [2.05, 4.69) is 62.3 Å². The third-order valence-electron chi connectivity index (χ3n) is 2.45. The summed E-state index contributed by atoms with van der Waals surface area (Å²) in [5.74, 6) is 0. The first-order chi connectivity index (χ1) is 6.28. The molecule has 0 rings (SSSR count). The van der Waals surface area contributed by atoms with Crippen molar-refractivity contribution >= 4 is 13.4 Å². The van der Waals surface area contributed by atoms with Gasteiger partial charge in [-0.3, -0.25) is 0 Å². The van der Waals surface area contributed by atoms with Crippen LogP contribution in [0.15, 0.2) is 0 Å². The van der Waals surface area contributed by atoms with Gasteiger partial charge in [0, 0.05) is 7.92 Å². The Morgan fingerprint density at radius 2 is 1.00 bits per heavy atom. The van der Waals surface area contributed by atoms with Gasteiger partial charge in [0.2, 0.25) is 0 Å². The molecular formula is C14H31NNiP+. The summed E-state index contributed by atoms with van der Waals surface area (Å²) in [7, 11) is -0.939. The number of hydrogen-bond acceptors (Lipinski definition) is 0. The van der Waals surface area contributed by atoms with Crippen molar-refractivity contribution < 1.29 is 16.5 Å². The molecule has 0 aromatic heterocycles. The maximum absolute atomic E-state index is 10.5. The summed E-state index contributed by atoms with van der Waals surface area (Å²) < 4.78 is 0. The van der Waals surface area contributed by atoms with Crippen molar-refractivity contribution in [1.82, 2.24) is 0 Å². The molecule has 0 fully saturated rings. The largest absolute Gasteiger partial charge is 2.00 e. The average molecular weight is 303 g/mol. The summed E-state index contributed by atoms with van der Waals surface area (Å²) in [6.45, 7) is 19.8. The molecule has 0 unspecified atom stereocenters. The number of hydrogen-bond donors (Lipinski definition) is 0. The summed E-state index contributed by atoms with van der Waals surface area (Å²) in [6.07, 6.45) is 0. The minimum absolute atomic E-state index is 0. The molecule has 0 amide bonds. The molecule has 0 radical (unpaired) electrons. The fourth-order valence-electron chi connectivity index (χ4n) is 2.21. The van der Waals surface area contributed by atoms with Gasteiger partial charge in [-0.25, -0.2) is 0 Å². The molecule has 0 spiro atoms. The molecule has 0 aliphatic rings. The second kappa shape index (κ2) is 6.67. The third kappa shape index (κ3) is 6.92. The quantitative estimate of drug-likeness (QED) is 0.273. The van der Waals surface area contributed by atoms with Crippen molar-refractivity contribution in [2.45, 2.75) is 72.6 Å². The number of nitrogens with zero attached hydrogens (tertiary/aromatic N) is 1. The molecule has 0 aromatic carbocycles. The van der Waals surface area contributed by atoms with E-state index < -0.39 is 7.92 Å². The van der Waals surface area contributed by atoms with E-state index in [1.807, 2.05) is 0 Å². The first kappa shape index (κ1) is 22.7. The molecule has 0 heterocycles. The zero-order valence-corrected chi connectivity index (χ0v) is 15.3. The van der Waals surface area contributed by atoms with Crippen molar-refractivity contribution in [2.24, 2.45) is 5.41 Å². The minimum atomic E-state index is -0.939. The molecule has 17 heavy (non-hydrogen) atoms. The molecule has 106 valence electrons. The van der Waals surface area contributed by atoms with Crippen LogP contribution in [0, 0.1) is 12.8 Å². The molecule has 0 bridgehead atoms. The van der Waals surface area contributed by atoms with Crippen LogP contribution in [-0.4, -0.2) is 15.8 Å². The Morgan fingerprint density at radius 3 is 1.06 bits per heavy atom. The van der Waals surface area contributed by atoms with E-state index in [9.17, 15) is 5.41 Å². The van der Waals surface area contributed by atoms with Gasteiger partial charge < -0.3 is 12.8 Å².